The van der Waals surface area contributed by atoms with E-state index in [1.807, 2.05) is 60.7 Å². The highest BCUT2D eigenvalue weighted by Crippen LogP contribution is 2.49. The summed E-state index contributed by atoms with van der Waals surface area (Å²) in [4.78, 5) is 0. The second-order valence-corrected chi connectivity index (χ2v) is 10.5. The summed E-state index contributed by atoms with van der Waals surface area (Å²) in [6.45, 7) is 0. The van der Waals surface area contributed by atoms with Gasteiger partial charge in [-0.2, -0.15) is 0 Å². The molecule has 0 N–H and O–H groups in total. The molecule has 0 heterocycles. The zero-order valence-corrected chi connectivity index (χ0v) is 17.2. The second-order valence-electron chi connectivity index (χ2n) is 7.72. The molecule has 0 radical (unpaired) electrons. The molecule has 142 valence electrons. The van der Waals surface area contributed by atoms with Crippen molar-refractivity contribution in [3.63, 3.8) is 0 Å². The average Bonchev–Trinajstić information content (AvgIpc) is 3.15. The van der Waals surface area contributed by atoms with Gasteiger partial charge in [-0.1, -0.05) is 109 Å². The van der Waals surface area contributed by atoms with Crippen molar-refractivity contribution in [2.45, 2.75) is 0 Å². The molecular formula is C28H19OP. The summed E-state index contributed by atoms with van der Waals surface area (Å²) in [6, 6.07) is 39.0. The van der Waals surface area contributed by atoms with Crippen LogP contribution in [0.25, 0.3) is 33.0 Å². The molecule has 0 aliphatic heterocycles. The van der Waals surface area contributed by atoms with Crippen molar-refractivity contribution < 1.29 is 4.57 Å². The normalized spacial score (nSPS) is 12.1. The highest BCUT2D eigenvalue weighted by atomic mass is 31.2. The molecular weight excluding hydrogens is 383 g/mol. The zero-order valence-electron chi connectivity index (χ0n) is 16.3. The van der Waals surface area contributed by atoms with Crippen LogP contribution in [0.5, 0.6) is 0 Å². The Morgan fingerprint density at radius 3 is 1.60 bits per heavy atom. The quantitative estimate of drug-likeness (QED) is 0.326. The number of fused-ring (bicyclic) bond motifs is 3. The van der Waals surface area contributed by atoms with E-state index < -0.39 is 7.14 Å². The first-order valence-electron chi connectivity index (χ1n) is 10.2. The molecule has 0 saturated heterocycles. The molecule has 0 amide bonds. The number of benzene rings is 5. The molecule has 5 aromatic carbocycles. The van der Waals surface area contributed by atoms with E-state index in [4.69, 9.17) is 0 Å². The van der Waals surface area contributed by atoms with Crippen LogP contribution in [0, 0.1) is 0 Å². The lowest BCUT2D eigenvalue weighted by molar-refractivity contribution is 0.592. The molecule has 0 aromatic heterocycles. The van der Waals surface area contributed by atoms with Gasteiger partial charge in [0.05, 0.1) is 0 Å². The number of hydrogen-bond acceptors (Lipinski definition) is 1. The molecule has 2 heteroatoms. The Morgan fingerprint density at radius 2 is 1.00 bits per heavy atom. The minimum Gasteiger partial charge on any atom is -0.309 e. The van der Waals surface area contributed by atoms with Crippen molar-refractivity contribution >= 4 is 33.8 Å². The summed E-state index contributed by atoms with van der Waals surface area (Å²) in [5.74, 6) is 0. The van der Waals surface area contributed by atoms with Gasteiger partial charge in [-0.05, 0) is 39.1 Å². The molecule has 1 nitrogen and oxygen atoms in total. The maximum absolute atomic E-state index is 14.7. The van der Waals surface area contributed by atoms with Crippen LogP contribution in [-0.2, 0) is 4.57 Å². The lowest BCUT2D eigenvalue weighted by Crippen LogP contribution is -2.25. The summed E-state index contributed by atoms with van der Waals surface area (Å²) in [7, 11) is -2.98. The Bertz CT molecular complexity index is 1400. The Morgan fingerprint density at radius 1 is 0.433 bits per heavy atom. The van der Waals surface area contributed by atoms with E-state index >= 15 is 0 Å². The van der Waals surface area contributed by atoms with Gasteiger partial charge < -0.3 is 4.57 Å². The lowest BCUT2D eigenvalue weighted by Gasteiger charge is -2.21. The van der Waals surface area contributed by atoms with Crippen LogP contribution >= 0.6 is 7.14 Å². The van der Waals surface area contributed by atoms with Gasteiger partial charge >= 0.3 is 0 Å². The SMILES string of the molecule is O=P(c1ccccc1)(c1ccccc1)c1ccc2c(c1)-c1cccc3cccc-2c13. The predicted molar refractivity (Wildman–Crippen MR) is 128 cm³/mol. The van der Waals surface area contributed by atoms with E-state index in [1.54, 1.807) is 0 Å². The third kappa shape index (κ3) is 2.39. The van der Waals surface area contributed by atoms with E-state index in [0.29, 0.717) is 0 Å². The zero-order chi connectivity index (χ0) is 20.1. The third-order valence-electron chi connectivity index (χ3n) is 6.09. The van der Waals surface area contributed by atoms with Crippen molar-refractivity contribution in [3.05, 3.63) is 115 Å². The van der Waals surface area contributed by atoms with Crippen LogP contribution in [0.1, 0.15) is 0 Å². The fourth-order valence-corrected chi connectivity index (χ4v) is 7.37. The van der Waals surface area contributed by atoms with Gasteiger partial charge in [-0.3, -0.25) is 0 Å². The van der Waals surface area contributed by atoms with Gasteiger partial charge in [0.15, 0.2) is 7.14 Å². The monoisotopic (exact) mass is 402 g/mol. The minimum atomic E-state index is -2.98. The molecule has 0 unspecified atom stereocenters. The van der Waals surface area contributed by atoms with Crippen LogP contribution in [0.15, 0.2) is 115 Å². The van der Waals surface area contributed by atoms with Crippen LogP contribution < -0.4 is 15.9 Å². The molecule has 1 aliphatic carbocycles. The maximum Gasteiger partial charge on any atom is 0.171 e. The van der Waals surface area contributed by atoms with Crippen molar-refractivity contribution in [1.29, 1.82) is 0 Å². The van der Waals surface area contributed by atoms with Gasteiger partial charge in [0, 0.05) is 15.9 Å². The fourth-order valence-electron chi connectivity index (χ4n) is 4.70. The van der Waals surface area contributed by atoms with Gasteiger partial charge in [0.25, 0.3) is 0 Å². The van der Waals surface area contributed by atoms with Crippen molar-refractivity contribution in [2.24, 2.45) is 0 Å². The Hall–Kier alpha value is -3.41. The van der Waals surface area contributed by atoms with Gasteiger partial charge in [0.2, 0.25) is 0 Å². The number of hydrogen-bond donors (Lipinski definition) is 0. The lowest BCUT2D eigenvalue weighted by atomic mass is 10.0. The Balaban J connectivity index is 1.64. The molecule has 0 fully saturated rings. The molecule has 1 aliphatic rings. The summed E-state index contributed by atoms with van der Waals surface area (Å²) in [6.07, 6.45) is 0. The first-order valence-corrected chi connectivity index (χ1v) is 11.9. The second kappa shape index (κ2) is 6.55. The van der Waals surface area contributed by atoms with Crippen LogP contribution in [0.4, 0.5) is 0 Å². The summed E-state index contributed by atoms with van der Waals surface area (Å²) in [5.41, 5.74) is 4.89. The van der Waals surface area contributed by atoms with Gasteiger partial charge in [-0.15, -0.1) is 0 Å². The van der Waals surface area contributed by atoms with Crippen molar-refractivity contribution in [1.82, 2.24) is 0 Å². The molecule has 0 saturated carbocycles. The van der Waals surface area contributed by atoms with Gasteiger partial charge in [0.1, 0.15) is 0 Å². The van der Waals surface area contributed by atoms with Crippen molar-refractivity contribution in [3.8, 4) is 22.3 Å². The summed E-state index contributed by atoms with van der Waals surface area (Å²) in [5, 5.41) is 5.15. The largest absolute Gasteiger partial charge is 0.309 e. The standard InChI is InChI=1S/C28H19OP/c29-30(21-11-3-1-4-12-21,22-13-5-2-6-14-22)23-17-18-24-25-15-7-9-20-10-8-16-26(28(20)25)27(24)19-23/h1-19H. The minimum absolute atomic E-state index is 0.866. The van der Waals surface area contributed by atoms with E-state index in [9.17, 15) is 4.57 Å². The van der Waals surface area contributed by atoms with Crippen LogP contribution in [0.3, 0.4) is 0 Å². The predicted octanol–water partition coefficient (Wildman–Crippen LogP) is 6.13. The first kappa shape index (κ1) is 17.4. The highest BCUT2D eigenvalue weighted by molar-refractivity contribution is 7.85. The Labute approximate surface area is 176 Å². The summed E-state index contributed by atoms with van der Waals surface area (Å²) < 4.78 is 14.7. The van der Waals surface area contributed by atoms with E-state index in [2.05, 4.69) is 54.6 Å². The Kier molecular flexibility index (Phi) is 3.81. The van der Waals surface area contributed by atoms with E-state index in [-0.39, 0.29) is 0 Å². The van der Waals surface area contributed by atoms with Crippen LogP contribution in [-0.4, -0.2) is 0 Å². The van der Waals surface area contributed by atoms with Crippen LogP contribution in [0.2, 0.25) is 0 Å². The molecule has 0 atom stereocenters. The maximum atomic E-state index is 14.7. The van der Waals surface area contributed by atoms with E-state index in [0.717, 1.165) is 15.9 Å². The molecule has 6 rings (SSSR count). The topological polar surface area (TPSA) is 17.1 Å². The van der Waals surface area contributed by atoms with E-state index in [1.165, 1.54) is 33.0 Å². The van der Waals surface area contributed by atoms with Crippen molar-refractivity contribution in [2.75, 3.05) is 0 Å². The number of rotatable bonds is 3. The first-order chi connectivity index (χ1) is 14.8. The molecule has 0 bridgehead atoms. The highest BCUT2D eigenvalue weighted by Gasteiger charge is 2.31. The fraction of sp³-hybridized carbons (Fsp3) is 0. The van der Waals surface area contributed by atoms with Gasteiger partial charge in [-0.25, -0.2) is 0 Å². The summed E-state index contributed by atoms with van der Waals surface area (Å²) >= 11 is 0. The average molecular weight is 402 g/mol. The smallest absolute Gasteiger partial charge is 0.171 e. The third-order valence-corrected chi connectivity index (χ3v) is 9.15. The molecule has 0 spiro atoms. The molecule has 30 heavy (non-hydrogen) atoms. The molecule has 5 aromatic rings.